The van der Waals surface area contributed by atoms with Gasteiger partial charge in [0.15, 0.2) is 0 Å². The van der Waals surface area contributed by atoms with E-state index in [0.29, 0.717) is 5.92 Å². The van der Waals surface area contributed by atoms with E-state index in [4.69, 9.17) is 14.2 Å². The summed E-state index contributed by atoms with van der Waals surface area (Å²) in [7, 11) is 0. The second kappa shape index (κ2) is 7.19. The van der Waals surface area contributed by atoms with Crippen LogP contribution < -0.4 is 0 Å². The second-order valence-electron chi connectivity index (χ2n) is 11.3. The third-order valence-electron chi connectivity index (χ3n) is 9.48. The van der Waals surface area contributed by atoms with Crippen molar-refractivity contribution in [2.75, 3.05) is 13.2 Å². The number of aliphatic hydroxyl groups excluding tert-OH is 1. The fourth-order valence-electron chi connectivity index (χ4n) is 8.20. The zero-order valence-corrected chi connectivity index (χ0v) is 19.2. The predicted molar refractivity (Wildman–Crippen MR) is 110 cm³/mol. The first kappa shape index (κ1) is 22.1. The van der Waals surface area contributed by atoms with Crippen molar-refractivity contribution in [3.05, 3.63) is 0 Å². The molecule has 30 heavy (non-hydrogen) atoms. The van der Waals surface area contributed by atoms with Gasteiger partial charge in [0.1, 0.15) is 12.7 Å². The SMILES string of the molecule is CC(=O)OC[C@]1(C)[C@@H]2CC[C@]34C[C@](C)(CC[C@@H]3[C@@]2(C)CC[C@@H]1OC(C)=O)[C@H](CO)O4. The van der Waals surface area contributed by atoms with Gasteiger partial charge in [-0.1, -0.05) is 20.8 Å². The first-order chi connectivity index (χ1) is 14.0. The maximum absolute atomic E-state index is 11.8. The van der Waals surface area contributed by atoms with Crippen molar-refractivity contribution in [2.24, 2.45) is 28.1 Å². The topological polar surface area (TPSA) is 82.1 Å². The maximum atomic E-state index is 11.8. The summed E-state index contributed by atoms with van der Waals surface area (Å²) >= 11 is 0. The molecule has 4 aliphatic rings. The van der Waals surface area contributed by atoms with Crippen LogP contribution in [0.3, 0.4) is 0 Å². The van der Waals surface area contributed by atoms with E-state index in [1.165, 1.54) is 13.8 Å². The molecule has 0 aromatic carbocycles. The number of esters is 2. The third-order valence-corrected chi connectivity index (χ3v) is 9.48. The molecule has 8 atom stereocenters. The summed E-state index contributed by atoms with van der Waals surface area (Å²) in [6.45, 7) is 10.1. The molecule has 1 heterocycles. The highest BCUT2D eigenvalue weighted by molar-refractivity contribution is 5.66. The summed E-state index contributed by atoms with van der Waals surface area (Å²) < 4.78 is 18.0. The molecular formula is C24H38O6. The van der Waals surface area contributed by atoms with Crippen molar-refractivity contribution in [2.45, 2.75) is 97.4 Å². The molecule has 1 aliphatic heterocycles. The summed E-state index contributed by atoms with van der Waals surface area (Å²) in [6.07, 6.45) is 6.52. The van der Waals surface area contributed by atoms with Crippen LogP contribution in [-0.4, -0.2) is 48.1 Å². The highest BCUT2D eigenvalue weighted by Gasteiger charge is 2.69. The molecule has 3 aliphatic carbocycles. The van der Waals surface area contributed by atoms with Gasteiger partial charge in [-0.2, -0.15) is 0 Å². The van der Waals surface area contributed by atoms with Crippen molar-refractivity contribution in [3.8, 4) is 0 Å². The van der Waals surface area contributed by atoms with Crippen LogP contribution >= 0.6 is 0 Å². The average Bonchev–Trinajstić information content (AvgIpc) is 2.87. The highest BCUT2D eigenvalue weighted by Crippen LogP contribution is 2.70. The Kier molecular flexibility index (Phi) is 5.29. The fraction of sp³-hybridized carbons (Fsp3) is 0.917. The number of fused-ring (bicyclic) bond motifs is 3. The standard InChI is InChI=1S/C24H38O6/c1-15(26)28-14-23(5)17-7-11-24-13-21(3,20(12-25)30-24)9-6-18(24)22(17,4)10-8-19(23)29-16(2)27/h17-20,25H,6-14H2,1-5H3/t17-,18-,19+,20+,21+,22+,23-,24+/m1/s1. The normalized spacial score (nSPS) is 49.7. The summed E-state index contributed by atoms with van der Waals surface area (Å²) in [5.74, 6) is 0.112. The number of carbonyl (C=O) groups is 2. The molecule has 6 heteroatoms. The van der Waals surface area contributed by atoms with Crippen molar-refractivity contribution in [3.63, 3.8) is 0 Å². The number of rotatable bonds is 4. The molecule has 1 spiro atoms. The van der Waals surface area contributed by atoms with E-state index in [0.717, 1.165) is 44.9 Å². The van der Waals surface area contributed by atoms with Crippen LogP contribution in [0.15, 0.2) is 0 Å². The zero-order valence-electron chi connectivity index (χ0n) is 19.2. The van der Waals surface area contributed by atoms with Crippen LogP contribution in [0.5, 0.6) is 0 Å². The Morgan fingerprint density at radius 3 is 2.33 bits per heavy atom. The van der Waals surface area contributed by atoms with Gasteiger partial charge in [-0.25, -0.2) is 0 Å². The Labute approximate surface area is 180 Å². The smallest absolute Gasteiger partial charge is 0.302 e. The van der Waals surface area contributed by atoms with E-state index in [-0.39, 0.29) is 59.7 Å². The van der Waals surface area contributed by atoms with Crippen molar-refractivity contribution < 1.29 is 28.9 Å². The first-order valence-corrected chi connectivity index (χ1v) is 11.6. The van der Waals surface area contributed by atoms with Crippen LogP contribution in [0.1, 0.15) is 79.6 Å². The Balaban J connectivity index is 1.68. The Hall–Kier alpha value is -1.14. The lowest BCUT2D eigenvalue weighted by atomic mass is 9.42. The van der Waals surface area contributed by atoms with E-state index < -0.39 is 5.41 Å². The van der Waals surface area contributed by atoms with Crippen molar-refractivity contribution >= 4 is 11.9 Å². The fourth-order valence-corrected chi connectivity index (χ4v) is 8.20. The molecule has 3 saturated carbocycles. The minimum absolute atomic E-state index is 0.0233. The largest absolute Gasteiger partial charge is 0.465 e. The van der Waals surface area contributed by atoms with Gasteiger partial charge in [0, 0.05) is 19.3 Å². The minimum Gasteiger partial charge on any atom is -0.465 e. The quantitative estimate of drug-likeness (QED) is 0.697. The molecule has 2 bridgehead atoms. The highest BCUT2D eigenvalue weighted by atomic mass is 16.6. The minimum atomic E-state index is -0.415. The Morgan fingerprint density at radius 2 is 1.70 bits per heavy atom. The van der Waals surface area contributed by atoms with E-state index in [2.05, 4.69) is 20.8 Å². The molecule has 1 N–H and O–H groups in total. The number of hydrogen-bond acceptors (Lipinski definition) is 6. The summed E-state index contributed by atoms with van der Waals surface area (Å²) in [5, 5.41) is 9.96. The molecule has 0 aromatic heterocycles. The molecule has 0 aromatic rings. The maximum Gasteiger partial charge on any atom is 0.302 e. The number of ether oxygens (including phenoxy) is 3. The first-order valence-electron chi connectivity index (χ1n) is 11.6. The third kappa shape index (κ3) is 3.12. The van der Waals surface area contributed by atoms with Crippen LogP contribution in [0.2, 0.25) is 0 Å². The van der Waals surface area contributed by atoms with E-state index in [1.54, 1.807) is 0 Å². The van der Waals surface area contributed by atoms with Gasteiger partial charge >= 0.3 is 11.9 Å². The number of aliphatic hydroxyl groups is 1. The Bertz CT molecular complexity index is 722. The molecule has 0 radical (unpaired) electrons. The van der Waals surface area contributed by atoms with Gasteiger partial charge < -0.3 is 19.3 Å². The summed E-state index contributed by atoms with van der Waals surface area (Å²) in [5.41, 5.74) is -0.496. The lowest BCUT2D eigenvalue weighted by Crippen LogP contribution is -2.64. The van der Waals surface area contributed by atoms with E-state index in [9.17, 15) is 14.7 Å². The van der Waals surface area contributed by atoms with Crippen molar-refractivity contribution in [1.29, 1.82) is 0 Å². The zero-order chi connectivity index (χ0) is 21.9. The molecular weight excluding hydrogens is 384 g/mol. The molecule has 6 nitrogen and oxygen atoms in total. The molecule has 4 rings (SSSR count). The van der Waals surface area contributed by atoms with Crippen molar-refractivity contribution in [1.82, 2.24) is 0 Å². The molecule has 0 unspecified atom stereocenters. The van der Waals surface area contributed by atoms with Gasteiger partial charge in [-0.3, -0.25) is 9.59 Å². The molecule has 170 valence electrons. The molecule has 1 saturated heterocycles. The monoisotopic (exact) mass is 422 g/mol. The molecule has 0 amide bonds. The van der Waals surface area contributed by atoms with Gasteiger partial charge in [-0.05, 0) is 67.6 Å². The van der Waals surface area contributed by atoms with Crippen LogP contribution in [0.25, 0.3) is 0 Å². The average molecular weight is 423 g/mol. The Morgan fingerprint density at radius 1 is 1.00 bits per heavy atom. The summed E-state index contributed by atoms with van der Waals surface area (Å²) in [6, 6.07) is 0. The van der Waals surface area contributed by atoms with Crippen LogP contribution in [0, 0.1) is 28.1 Å². The lowest BCUT2D eigenvalue weighted by Gasteiger charge is -2.64. The van der Waals surface area contributed by atoms with Gasteiger partial charge in [-0.15, -0.1) is 0 Å². The van der Waals surface area contributed by atoms with E-state index >= 15 is 0 Å². The van der Waals surface area contributed by atoms with Gasteiger partial charge in [0.25, 0.3) is 0 Å². The van der Waals surface area contributed by atoms with Gasteiger partial charge in [0.2, 0.25) is 0 Å². The molecule has 4 fully saturated rings. The predicted octanol–water partition coefficient (Wildman–Crippen LogP) is 3.63. The van der Waals surface area contributed by atoms with Crippen LogP contribution in [0.4, 0.5) is 0 Å². The van der Waals surface area contributed by atoms with Gasteiger partial charge in [0.05, 0.1) is 18.3 Å². The van der Waals surface area contributed by atoms with Crippen LogP contribution in [-0.2, 0) is 23.8 Å². The number of carbonyl (C=O) groups excluding carboxylic acids is 2. The number of hydrogen-bond donors (Lipinski definition) is 1. The second-order valence-corrected chi connectivity index (χ2v) is 11.3. The summed E-state index contributed by atoms with van der Waals surface area (Å²) in [4.78, 5) is 23.5. The lowest BCUT2D eigenvalue weighted by molar-refractivity contribution is -0.233. The van der Waals surface area contributed by atoms with E-state index in [1.807, 2.05) is 0 Å².